The van der Waals surface area contributed by atoms with Crippen LogP contribution < -0.4 is 5.73 Å². The first kappa shape index (κ1) is 17.9. The number of halogens is 2. The normalized spacial score (nSPS) is 21.4. The van der Waals surface area contributed by atoms with Gasteiger partial charge in [0.25, 0.3) is 0 Å². The zero-order valence-electron chi connectivity index (χ0n) is 13.1. The molecule has 0 radical (unpaired) electrons. The number of nitrogens with two attached hydrogens (primary N) is 1. The molecular weight excluding hydrogens is 409 g/mol. The summed E-state index contributed by atoms with van der Waals surface area (Å²) in [5.74, 6) is 1.54. The lowest BCUT2D eigenvalue weighted by molar-refractivity contribution is 0.277. The second kappa shape index (κ2) is 7.39. The van der Waals surface area contributed by atoms with Gasteiger partial charge in [-0.25, -0.2) is 0 Å². The summed E-state index contributed by atoms with van der Waals surface area (Å²) in [6.45, 7) is 5.20. The van der Waals surface area contributed by atoms with Crippen molar-refractivity contribution in [3.63, 3.8) is 0 Å². The summed E-state index contributed by atoms with van der Waals surface area (Å²) in [5.41, 5.74) is 7.74. The first-order chi connectivity index (χ1) is 10.1. The number of benzene rings is 1. The molecule has 1 saturated carbocycles. The minimum absolute atomic E-state index is 0. The average molecular weight is 434 g/mol. The van der Waals surface area contributed by atoms with Crippen molar-refractivity contribution in [3.8, 4) is 0 Å². The summed E-state index contributed by atoms with van der Waals surface area (Å²) in [6, 6.07) is 8.19. The summed E-state index contributed by atoms with van der Waals surface area (Å²) in [7, 11) is 0. The van der Waals surface area contributed by atoms with Gasteiger partial charge in [-0.3, -0.25) is 4.99 Å². The van der Waals surface area contributed by atoms with Crippen molar-refractivity contribution < 1.29 is 0 Å². The fourth-order valence-electron chi connectivity index (χ4n) is 3.06. The molecule has 3 rings (SSSR count). The maximum atomic E-state index is 6.19. The van der Waals surface area contributed by atoms with Gasteiger partial charge in [0.2, 0.25) is 0 Å². The Labute approximate surface area is 155 Å². The molecule has 2 fully saturated rings. The van der Waals surface area contributed by atoms with E-state index < -0.39 is 0 Å². The van der Waals surface area contributed by atoms with Gasteiger partial charge in [-0.05, 0) is 49.3 Å². The van der Waals surface area contributed by atoms with Gasteiger partial charge in [-0.1, -0.05) is 30.7 Å². The SMILES string of the molecule is CC1CCN(C(N)=NCC2(c3ccc(Cl)cc3)CC2)CC1.I. The molecule has 0 bridgehead atoms. The van der Waals surface area contributed by atoms with Crippen LogP contribution in [0.4, 0.5) is 0 Å². The molecule has 0 unspecified atom stereocenters. The Hall–Kier alpha value is -0.490. The smallest absolute Gasteiger partial charge is 0.191 e. The van der Waals surface area contributed by atoms with E-state index in [0.717, 1.165) is 36.5 Å². The first-order valence-electron chi connectivity index (χ1n) is 7.90. The number of hydrogen-bond acceptors (Lipinski definition) is 1. The van der Waals surface area contributed by atoms with Crippen molar-refractivity contribution in [2.24, 2.45) is 16.6 Å². The quantitative estimate of drug-likeness (QED) is 0.444. The van der Waals surface area contributed by atoms with Crippen LogP contribution in [0.5, 0.6) is 0 Å². The fourth-order valence-corrected chi connectivity index (χ4v) is 3.19. The van der Waals surface area contributed by atoms with E-state index in [1.165, 1.54) is 31.2 Å². The molecule has 1 saturated heterocycles. The van der Waals surface area contributed by atoms with Gasteiger partial charge in [0.15, 0.2) is 5.96 Å². The molecule has 22 heavy (non-hydrogen) atoms. The zero-order chi connectivity index (χ0) is 14.9. The summed E-state index contributed by atoms with van der Waals surface area (Å²) in [5, 5.41) is 0.792. The van der Waals surface area contributed by atoms with Crippen molar-refractivity contribution >= 4 is 41.5 Å². The molecule has 0 spiro atoms. The number of likely N-dealkylation sites (tertiary alicyclic amines) is 1. The van der Waals surface area contributed by atoms with Crippen LogP contribution >= 0.6 is 35.6 Å². The molecular formula is C17H25ClIN3. The number of hydrogen-bond donors (Lipinski definition) is 1. The highest BCUT2D eigenvalue weighted by Gasteiger charge is 2.44. The van der Waals surface area contributed by atoms with Crippen LogP contribution in [0, 0.1) is 5.92 Å². The van der Waals surface area contributed by atoms with Gasteiger partial charge in [0, 0.05) is 23.5 Å². The van der Waals surface area contributed by atoms with E-state index >= 15 is 0 Å². The monoisotopic (exact) mass is 433 g/mol. The molecule has 2 aliphatic rings. The van der Waals surface area contributed by atoms with Crippen LogP contribution in [0.25, 0.3) is 0 Å². The zero-order valence-corrected chi connectivity index (χ0v) is 16.2. The largest absolute Gasteiger partial charge is 0.370 e. The molecule has 1 aliphatic heterocycles. The molecule has 0 amide bonds. The topological polar surface area (TPSA) is 41.6 Å². The van der Waals surface area contributed by atoms with Crippen molar-refractivity contribution in [2.75, 3.05) is 19.6 Å². The lowest BCUT2D eigenvalue weighted by atomic mass is 9.96. The lowest BCUT2D eigenvalue weighted by Gasteiger charge is -2.31. The molecule has 1 aromatic rings. The molecule has 5 heteroatoms. The van der Waals surface area contributed by atoms with Crippen molar-refractivity contribution in [1.29, 1.82) is 0 Å². The van der Waals surface area contributed by atoms with E-state index in [0.29, 0.717) is 0 Å². The van der Waals surface area contributed by atoms with Crippen LogP contribution in [-0.4, -0.2) is 30.5 Å². The molecule has 3 nitrogen and oxygen atoms in total. The van der Waals surface area contributed by atoms with Crippen LogP contribution in [0.3, 0.4) is 0 Å². The summed E-state index contributed by atoms with van der Waals surface area (Å²) in [6.07, 6.45) is 4.84. The van der Waals surface area contributed by atoms with E-state index in [2.05, 4.69) is 24.0 Å². The molecule has 2 N–H and O–H groups in total. The third-order valence-corrected chi connectivity index (χ3v) is 5.21. The number of guanidine groups is 1. The number of piperidine rings is 1. The van der Waals surface area contributed by atoms with Crippen LogP contribution in [-0.2, 0) is 5.41 Å². The Morgan fingerprint density at radius 3 is 2.41 bits per heavy atom. The second-order valence-corrected chi connectivity index (χ2v) is 7.07. The predicted octanol–water partition coefficient (Wildman–Crippen LogP) is 4.04. The maximum absolute atomic E-state index is 6.19. The van der Waals surface area contributed by atoms with E-state index in [9.17, 15) is 0 Å². The molecule has 122 valence electrons. The van der Waals surface area contributed by atoms with Gasteiger partial charge in [-0.15, -0.1) is 24.0 Å². The van der Waals surface area contributed by atoms with Crippen LogP contribution in [0.15, 0.2) is 29.3 Å². The third-order valence-electron chi connectivity index (χ3n) is 4.96. The number of rotatable bonds is 3. The van der Waals surface area contributed by atoms with Gasteiger partial charge in [0.05, 0.1) is 6.54 Å². The van der Waals surface area contributed by atoms with Crippen molar-refractivity contribution in [2.45, 2.75) is 38.0 Å². The van der Waals surface area contributed by atoms with E-state index in [4.69, 9.17) is 22.3 Å². The predicted molar refractivity (Wildman–Crippen MR) is 104 cm³/mol. The summed E-state index contributed by atoms with van der Waals surface area (Å²) >= 11 is 5.97. The summed E-state index contributed by atoms with van der Waals surface area (Å²) < 4.78 is 0. The number of aliphatic imine (C=N–C) groups is 1. The van der Waals surface area contributed by atoms with E-state index in [1.807, 2.05) is 12.1 Å². The molecule has 1 heterocycles. The first-order valence-corrected chi connectivity index (χ1v) is 8.28. The summed E-state index contributed by atoms with van der Waals surface area (Å²) in [4.78, 5) is 6.93. The molecule has 1 aliphatic carbocycles. The Morgan fingerprint density at radius 2 is 1.86 bits per heavy atom. The highest BCUT2D eigenvalue weighted by molar-refractivity contribution is 14.0. The molecule has 0 atom stereocenters. The second-order valence-electron chi connectivity index (χ2n) is 6.63. The van der Waals surface area contributed by atoms with E-state index in [1.54, 1.807) is 0 Å². The van der Waals surface area contributed by atoms with Gasteiger partial charge in [0.1, 0.15) is 0 Å². The minimum atomic E-state index is 0. The average Bonchev–Trinajstić information content (AvgIpc) is 3.27. The standard InChI is InChI=1S/C17H24ClN3.HI/c1-13-6-10-21(11-7-13)16(19)20-12-17(8-9-17)14-2-4-15(18)5-3-14;/h2-5,13H,6-12H2,1H3,(H2,19,20);1H. The minimum Gasteiger partial charge on any atom is -0.370 e. The molecule has 0 aromatic heterocycles. The Balaban J connectivity index is 0.00000176. The Morgan fingerprint density at radius 1 is 1.27 bits per heavy atom. The fraction of sp³-hybridized carbons (Fsp3) is 0.588. The highest BCUT2D eigenvalue weighted by Crippen LogP contribution is 2.48. The van der Waals surface area contributed by atoms with Crippen LogP contribution in [0.1, 0.15) is 38.2 Å². The lowest BCUT2D eigenvalue weighted by Crippen LogP contribution is -2.42. The van der Waals surface area contributed by atoms with Crippen molar-refractivity contribution in [1.82, 2.24) is 4.90 Å². The maximum Gasteiger partial charge on any atom is 0.191 e. The highest BCUT2D eigenvalue weighted by atomic mass is 127. The third kappa shape index (κ3) is 4.07. The van der Waals surface area contributed by atoms with Gasteiger partial charge in [-0.2, -0.15) is 0 Å². The van der Waals surface area contributed by atoms with E-state index in [-0.39, 0.29) is 29.4 Å². The van der Waals surface area contributed by atoms with Crippen molar-refractivity contribution in [3.05, 3.63) is 34.9 Å². The number of nitrogens with zero attached hydrogens (tertiary/aromatic N) is 2. The Kier molecular flexibility index (Phi) is 6.00. The molecule has 1 aromatic carbocycles. The van der Waals surface area contributed by atoms with Crippen LogP contribution in [0.2, 0.25) is 5.02 Å². The Bertz CT molecular complexity index is 517. The van der Waals surface area contributed by atoms with Gasteiger partial charge < -0.3 is 10.6 Å². The van der Waals surface area contributed by atoms with Gasteiger partial charge >= 0.3 is 0 Å².